The van der Waals surface area contributed by atoms with Crippen LogP contribution in [0.4, 0.5) is 20.2 Å². The van der Waals surface area contributed by atoms with Crippen molar-refractivity contribution in [1.29, 1.82) is 5.26 Å². The van der Waals surface area contributed by atoms with Crippen LogP contribution in [0.2, 0.25) is 5.02 Å². The molecule has 156 valence electrons. The Morgan fingerprint density at radius 2 is 2.07 bits per heavy atom. The molecule has 30 heavy (non-hydrogen) atoms. The molecule has 2 aromatic rings. The van der Waals surface area contributed by atoms with Gasteiger partial charge in [-0.25, -0.2) is 0 Å². The van der Waals surface area contributed by atoms with Crippen molar-refractivity contribution < 1.29 is 28.0 Å². The van der Waals surface area contributed by atoms with Gasteiger partial charge in [0.25, 0.3) is 11.6 Å². The average molecular weight is 438 g/mol. The molecular weight excluding hydrogens is 424 g/mol. The summed E-state index contributed by atoms with van der Waals surface area (Å²) in [6, 6.07) is 8.18. The van der Waals surface area contributed by atoms with E-state index in [1.54, 1.807) is 31.2 Å². The van der Waals surface area contributed by atoms with Crippen LogP contribution in [0.25, 0.3) is 6.08 Å². The van der Waals surface area contributed by atoms with Gasteiger partial charge in [0.15, 0.2) is 11.5 Å². The third-order valence-electron chi connectivity index (χ3n) is 3.91. The highest BCUT2D eigenvalue weighted by atomic mass is 35.5. The second-order valence-corrected chi connectivity index (χ2v) is 6.14. The van der Waals surface area contributed by atoms with Crippen LogP contribution in [0.3, 0.4) is 0 Å². The molecule has 0 spiro atoms. The fourth-order valence-corrected chi connectivity index (χ4v) is 2.60. The number of amides is 1. The molecule has 0 radical (unpaired) electrons. The lowest BCUT2D eigenvalue weighted by molar-refractivity contribution is -0.385. The highest BCUT2D eigenvalue weighted by Gasteiger charge is 2.22. The molecule has 2 rings (SSSR count). The summed E-state index contributed by atoms with van der Waals surface area (Å²) in [6.45, 7) is -1.58. The summed E-state index contributed by atoms with van der Waals surface area (Å²) in [4.78, 5) is 23.0. The lowest BCUT2D eigenvalue weighted by Crippen LogP contribution is -2.14. The zero-order valence-electron chi connectivity index (χ0n) is 15.6. The van der Waals surface area contributed by atoms with Crippen molar-refractivity contribution in [2.45, 2.75) is 13.5 Å². The summed E-state index contributed by atoms with van der Waals surface area (Å²) in [6.07, 6.45) is 0.946. The average Bonchev–Trinajstić information content (AvgIpc) is 2.69. The van der Waals surface area contributed by atoms with Crippen molar-refractivity contribution in [3.63, 3.8) is 0 Å². The van der Waals surface area contributed by atoms with Gasteiger partial charge in [0.05, 0.1) is 23.7 Å². The first-order chi connectivity index (χ1) is 14.2. The Morgan fingerprint density at radius 1 is 1.37 bits per heavy atom. The maximum absolute atomic E-state index is 12.5. The van der Waals surface area contributed by atoms with Crippen molar-refractivity contribution in [3.05, 3.63) is 62.2 Å². The van der Waals surface area contributed by atoms with Crippen LogP contribution in [0.5, 0.6) is 11.5 Å². The Kier molecular flexibility index (Phi) is 7.27. The molecule has 0 atom stereocenters. The summed E-state index contributed by atoms with van der Waals surface area (Å²) in [5.74, 6) is -1.64. The molecule has 0 aliphatic carbocycles. The molecule has 0 aliphatic heterocycles. The molecular formula is C19H14ClF2N3O5. The van der Waals surface area contributed by atoms with Crippen molar-refractivity contribution in [3.8, 4) is 17.6 Å². The van der Waals surface area contributed by atoms with Gasteiger partial charge in [-0.05, 0) is 36.8 Å². The molecule has 1 N–H and O–H groups in total. The van der Waals surface area contributed by atoms with Crippen LogP contribution in [0, 0.1) is 28.4 Å². The van der Waals surface area contributed by atoms with Crippen molar-refractivity contribution in [2.75, 3.05) is 12.4 Å². The lowest BCUT2D eigenvalue weighted by Gasteiger charge is -2.11. The van der Waals surface area contributed by atoms with Gasteiger partial charge in [-0.3, -0.25) is 14.9 Å². The smallest absolute Gasteiger partial charge is 0.387 e. The second kappa shape index (κ2) is 9.67. The van der Waals surface area contributed by atoms with E-state index in [0.29, 0.717) is 16.3 Å². The molecule has 1 amide bonds. The Bertz CT molecular complexity index is 1070. The highest BCUT2D eigenvalue weighted by Crippen LogP contribution is 2.36. The number of rotatable bonds is 7. The summed E-state index contributed by atoms with van der Waals surface area (Å²) < 4.78 is 34.2. The number of nitrogens with zero attached hydrogens (tertiary/aromatic N) is 2. The number of carbonyl (C=O) groups excluding carboxylic acids is 1. The summed E-state index contributed by atoms with van der Waals surface area (Å²) >= 11 is 6.00. The van der Waals surface area contributed by atoms with Crippen molar-refractivity contribution in [2.24, 2.45) is 0 Å². The van der Waals surface area contributed by atoms with Crippen LogP contribution in [-0.4, -0.2) is 24.6 Å². The lowest BCUT2D eigenvalue weighted by atomic mass is 10.1. The number of anilines is 1. The monoisotopic (exact) mass is 437 g/mol. The first kappa shape index (κ1) is 22.6. The van der Waals surface area contributed by atoms with Gasteiger partial charge in [-0.15, -0.1) is 0 Å². The van der Waals surface area contributed by atoms with E-state index in [4.69, 9.17) is 16.3 Å². The highest BCUT2D eigenvalue weighted by molar-refractivity contribution is 6.31. The molecule has 0 aromatic heterocycles. The van der Waals surface area contributed by atoms with Gasteiger partial charge in [0.1, 0.15) is 11.6 Å². The van der Waals surface area contributed by atoms with Gasteiger partial charge in [-0.1, -0.05) is 17.7 Å². The molecule has 8 nitrogen and oxygen atoms in total. The number of methoxy groups -OCH3 is 1. The number of nitro groups is 1. The number of halogens is 3. The molecule has 0 unspecified atom stereocenters. The standard InChI is InChI=1S/C19H14ClF2N3O5/c1-10-13(20)4-3-5-14(10)24-18(26)12(9-23)6-11-7-16(29-2)17(30-19(21)22)8-15(11)25(27)28/h3-8,19H,1-2H3,(H,24,26)/b12-6+. The molecule has 11 heteroatoms. The normalized spacial score (nSPS) is 11.0. The molecule has 2 aromatic carbocycles. The zero-order chi connectivity index (χ0) is 22.4. The van der Waals surface area contributed by atoms with E-state index in [2.05, 4.69) is 10.1 Å². The molecule has 0 heterocycles. The van der Waals surface area contributed by atoms with Crippen molar-refractivity contribution >= 4 is 35.0 Å². The van der Waals surface area contributed by atoms with Gasteiger partial charge in [0, 0.05) is 10.7 Å². The molecule has 0 saturated heterocycles. The first-order valence-electron chi connectivity index (χ1n) is 8.17. The minimum atomic E-state index is -3.23. The Hall–Kier alpha value is -3.71. The number of nitrogens with one attached hydrogen (secondary N) is 1. The number of nitro benzene ring substituents is 1. The fraction of sp³-hybridized carbons (Fsp3) is 0.158. The van der Waals surface area contributed by atoms with E-state index in [-0.39, 0.29) is 11.3 Å². The van der Waals surface area contributed by atoms with Crippen LogP contribution in [0.1, 0.15) is 11.1 Å². The number of hydrogen-bond donors (Lipinski definition) is 1. The topological polar surface area (TPSA) is 114 Å². The largest absolute Gasteiger partial charge is 0.493 e. The van der Waals surface area contributed by atoms with E-state index in [1.807, 2.05) is 0 Å². The van der Waals surface area contributed by atoms with Gasteiger partial charge >= 0.3 is 6.61 Å². The van der Waals surface area contributed by atoms with E-state index in [1.165, 1.54) is 0 Å². The first-order valence-corrected chi connectivity index (χ1v) is 8.55. The summed E-state index contributed by atoms with van der Waals surface area (Å²) in [5.41, 5.74) is -0.437. The summed E-state index contributed by atoms with van der Waals surface area (Å²) in [7, 11) is 1.15. The van der Waals surface area contributed by atoms with Crippen LogP contribution in [0.15, 0.2) is 35.9 Å². The van der Waals surface area contributed by atoms with Crippen LogP contribution >= 0.6 is 11.6 Å². The van der Waals surface area contributed by atoms with E-state index in [9.17, 15) is 29.0 Å². The number of ether oxygens (including phenoxy) is 2. The third kappa shape index (κ3) is 5.21. The van der Waals surface area contributed by atoms with E-state index >= 15 is 0 Å². The SMILES string of the molecule is COc1cc(/C=C(\C#N)C(=O)Nc2cccc(Cl)c2C)c([N+](=O)[O-])cc1OC(F)F. The molecule has 0 bridgehead atoms. The van der Waals surface area contributed by atoms with Crippen LogP contribution in [-0.2, 0) is 4.79 Å². The van der Waals surface area contributed by atoms with Gasteiger partial charge < -0.3 is 14.8 Å². The molecule has 0 aliphatic rings. The number of nitriles is 1. The maximum atomic E-state index is 12.5. The molecule has 0 fully saturated rings. The van der Waals surface area contributed by atoms with Crippen molar-refractivity contribution in [1.82, 2.24) is 0 Å². The number of hydrogen-bond acceptors (Lipinski definition) is 6. The maximum Gasteiger partial charge on any atom is 0.387 e. The minimum Gasteiger partial charge on any atom is -0.493 e. The van der Waals surface area contributed by atoms with E-state index in [0.717, 1.165) is 25.3 Å². The Morgan fingerprint density at radius 3 is 2.63 bits per heavy atom. The quantitative estimate of drug-likeness (QED) is 0.290. The second-order valence-electron chi connectivity index (χ2n) is 5.73. The number of carbonyl (C=O) groups is 1. The van der Waals surface area contributed by atoms with Gasteiger partial charge in [-0.2, -0.15) is 14.0 Å². The number of alkyl halides is 2. The molecule has 0 saturated carbocycles. The third-order valence-corrected chi connectivity index (χ3v) is 4.32. The fourth-order valence-electron chi connectivity index (χ4n) is 2.42. The minimum absolute atomic E-state index is 0.215. The Labute approximate surface area is 174 Å². The summed E-state index contributed by atoms with van der Waals surface area (Å²) in [5, 5.41) is 23.6. The van der Waals surface area contributed by atoms with Crippen LogP contribution < -0.4 is 14.8 Å². The predicted molar refractivity (Wildman–Crippen MR) is 105 cm³/mol. The van der Waals surface area contributed by atoms with Gasteiger partial charge in [0.2, 0.25) is 0 Å². The number of benzene rings is 2. The zero-order valence-corrected chi connectivity index (χ0v) is 16.4. The predicted octanol–water partition coefficient (Wildman–Crippen LogP) is 4.71. The van der Waals surface area contributed by atoms with E-state index < -0.39 is 34.5 Å². The Balaban J connectivity index is 2.49.